The third-order valence-electron chi connectivity index (χ3n) is 2.64. The van der Waals surface area contributed by atoms with Crippen molar-refractivity contribution in [3.8, 4) is 11.3 Å². The van der Waals surface area contributed by atoms with Crippen LogP contribution in [0.4, 0.5) is 14.7 Å². The number of rotatable bonds is 2. The molecule has 3 nitrogen and oxygen atoms in total. The Morgan fingerprint density at radius 1 is 1.11 bits per heavy atom. The average Bonchev–Trinajstić information content (AvgIpc) is 2.30. The van der Waals surface area contributed by atoms with Gasteiger partial charge in [0.1, 0.15) is 11.5 Å². The summed E-state index contributed by atoms with van der Waals surface area (Å²) in [6.07, 6.45) is 1.03. The van der Waals surface area contributed by atoms with Crippen LogP contribution in [0.25, 0.3) is 11.3 Å². The van der Waals surface area contributed by atoms with Gasteiger partial charge < -0.3 is 5.32 Å². The molecule has 0 aliphatic heterocycles. The molecule has 0 bridgehead atoms. The molecule has 0 spiro atoms. The summed E-state index contributed by atoms with van der Waals surface area (Å²) >= 11 is 0. The van der Waals surface area contributed by atoms with E-state index in [0.29, 0.717) is 5.56 Å². The number of aryl methyl sites for hydroxylation is 2. The first-order chi connectivity index (χ1) is 8.52. The lowest BCUT2D eigenvalue weighted by Gasteiger charge is -2.10. The van der Waals surface area contributed by atoms with Gasteiger partial charge in [0.05, 0.1) is 6.20 Å². The first kappa shape index (κ1) is 12.4. The number of nitrogens with zero attached hydrogens (tertiary/aromatic N) is 2. The van der Waals surface area contributed by atoms with Gasteiger partial charge in [-0.1, -0.05) is 6.07 Å². The molecule has 0 aliphatic rings. The molecule has 1 aromatic heterocycles. The van der Waals surface area contributed by atoms with Gasteiger partial charge in [-0.15, -0.1) is 0 Å². The van der Waals surface area contributed by atoms with Crippen LogP contribution in [0, 0.1) is 25.5 Å². The zero-order valence-corrected chi connectivity index (χ0v) is 10.4. The molecule has 1 N–H and O–H groups in total. The van der Waals surface area contributed by atoms with Crippen molar-refractivity contribution in [2.75, 3.05) is 12.4 Å². The Labute approximate surface area is 104 Å². The summed E-state index contributed by atoms with van der Waals surface area (Å²) in [7, 11) is 1.62. The van der Waals surface area contributed by atoms with E-state index in [0.717, 1.165) is 11.8 Å². The van der Waals surface area contributed by atoms with Crippen LogP contribution in [-0.2, 0) is 0 Å². The van der Waals surface area contributed by atoms with Crippen molar-refractivity contribution in [1.29, 1.82) is 0 Å². The van der Waals surface area contributed by atoms with Crippen LogP contribution in [0.15, 0.2) is 18.3 Å². The highest BCUT2D eigenvalue weighted by Crippen LogP contribution is 2.28. The number of hydrogen-bond acceptors (Lipinski definition) is 3. The molecular weight excluding hydrogens is 236 g/mol. The molecule has 0 radical (unpaired) electrons. The Hall–Kier alpha value is -2.04. The molecule has 5 heteroatoms. The number of nitrogens with one attached hydrogen (secondary N) is 1. The smallest absolute Gasteiger partial charge is 0.223 e. The van der Waals surface area contributed by atoms with Gasteiger partial charge in [-0.2, -0.15) is 0 Å². The van der Waals surface area contributed by atoms with Crippen LogP contribution >= 0.6 is 0 Å². The molecule has 0 unspecified atom stereocenters. The minimum absolute atomic E-state index is 0.0237. The van der Waals surface area contributed by atoms with E-state index < -0.39 is 11.6 Å². The molecule has 94 valence electrons. The Kier molecular flexibility index (Phi) is 3.23. The van der Waals surface area contributed by atoms with E-state index in [1.807, 2.05) is 0 Å². The third kappa shape index (κ3) is 2.16. The van der Waals surface area contributed by atoms with E-state index in [2.05, 4.69) is 15.3 Å². The predicted molar refractivity (Wildman–Crippen MR) is 66.4 cm³/mol. The molecule has 1 heterocycles. The zero-order chi connectivity index (χ0) is 13.3. The largest absolute Gasteiger partial charge is 0.357 e. The summed E-state index contributed by atoms with van der Waals surface area (Å²) in [5.41, 5.74) is 1.59. The molecule has 1 aromatic carbocycles. The first-order valence-corrected chi connectivity index (χ1v) is 5.50. The molecule has 18 heavy (non-hydrogen) atoms. The summed E-state index contributed by atoms with van der Waals surface area (Å²) in [6, 6.07) is 3.15. The van der Waals surface area contributed by atoms with Gasteiger partial charge in [0.25, 0.3) is 0 Å². The van der Waals surface area contributed by atoms with Crippen molar-refractivity contribution >= 4 is 5.95 Å². The summed E-state index contributed by atoms with van der Waals surface area (Å²) in [5, 5.41) is 2.70. The Balaban J connectivity index is 2.68. The molecule has 0 aliphatic carbocycles. The minimum atomic E-state index is -0.639. The Morgan fingerprint density at radius 2 is 1.83 bits per heavy atom. The number of hydrogen-bond donors (Lipinski definition) is 1. The lowest BCUT2D eigenvalue weighted by Crippen LogP contribution is -2.02. The number of aromatic nitrogens is 2. The van der Waals surface area contributed by atoms with E-state index in [1.165, 1.54) is 6.07 Å². The average molecular weight is 249 g/mol. The lowest BCUT2D eigenvalue weighted by molar-refractivity contribution is 0.606. The number of anilines is 1. The van der Waals surface area contributed by atoms with Crippen LogP contribution in [0.3, 0.4) is 0 Å². The Bertz CT molecular complexity index is 574. The second kappa shape index (κ2) is 4.68. The standard InChI is InChI=1S/C13H13F2N3/c1-7-4-8(2)11(9(14)5-7)12-10(15)6-17-13(16-3)18-12/h4-6H,1-3H3,(H,16,17,18). The first-order valence-electron chi connectivity index (χ1n) is 5.50. The van der Waals surface area contributed by atoms with Crippen LogP contribution < -0.4 is 5.32 Å². The van der Waals surface area contributed by atoms with Crippen molar-refractivity contribution in [3.05, 3.63) is 41.1 Å². The third-order valence-corrected chi connectivity index (χ3v) is 2.64. The highest BCUT2D eigenvalue weighted by Gasteiger charge is 2.16. The van der Waals surface area contributed by atoms with Gasteiger partial charge in [0.2, 0.25) is 5.95 Å². The van der Waals surface area contributed by atoms with Crippen LogP contribution in [0.1, 0.15) is 11.1 Å². The fraction of sp³-hybridized carbons (Fsp3) is 0.231. The fourth-order valence-electron chi connectivity index (χ4n) is 1.88. The van der Waals surface area contributed by atoms with E-state index >= 15 is 0 Å². The van der Waals surface area contributed by atoms with Crippen molar-refractivity contribution in [2.45, 2.75) is 13.8 Å². The SMILES string of the molecule is CNc1ncc(F)c(-c2c(C)cc(C)cc2F)n1. The normalized spacial score (nSPS) is 10.5. The highest BCUT2D eigenvalue weighted by molar-refractivity contribution is 5.66. The molecule has 0 amide bonds. The number of halogens is 2. The summed E-state index contributed by atoms with van der Waals surface area (Å²) in [5.74, 6) is -0.863. The molecule has 0 fully saturated rings. The molecular formula is C13H13F2N3. The molecule has 0 saturated carbocycles. The summed E-state index contributed by atoms with van der Waals surface area (Å²) < 4.78 is 27.7. The lowest BCUT2D eigenvalue weighted by atomic mass is 10.0. The van der Waals surface area contributed by atoms with Gasteiger partial charge in [-0.25, -0.2) is 18.7 Å². The van der Waals surface area contributed by atoms with E-state index in [9.17, 15) is 8.78 Å². The van der Waals surface area contributed by atoms with Crippen molar-refractivity contribution in [3.63, 3.8) is 0 Å². The monoisotopic (exact) mass is 249 g/mol. The van der Waals surface area contributed by atoms with Crippen LogP contribution in [0.2, 0.25) is 0 Å². The number of benzene rings is 1. The van der Waals surface area contributed by atoms with Crippen molar-refractivity contribution < 1.29 is 8.78 Å². The summed E-state index contributed by atoms with van der Waals surface area (Å²) in [6.45, 7) is 3.52. The summed E-state index contributed by atoms with van der Waals surface area (Å²) in [4.78, 5) is 7.72. The van der Waals surface area contributed by atoms with Gasteiger partial charge in [-0.05, 0) is 31.0 Å². The zero-order valence-electron chi connectivity index (χ0n) is 10.4. The quantitative estimate of drug-likeness (QED) is 0.888. The van der Waals surface area contributed by atoms with Crippen LogP contribution in [-0.4, -0.2) is 17.0 Å². The van der Waals surface area contributed by atoms with Gasteiger partial charge in [0.15, 0.2) is 5.82 Å². The maximum atomic E-state index is 14.0. The van der Waals surface area contributed by atoms with E-state index in [4.69, 9.17) is 0 Å². The maximum absolute atomic E-state index is 14.0. The van der Waals surface area contributed by atoms with Crippen molar-refractivity contribution in [2.24, 2.45) is 0 Å². The van der Waals surface area contributed by atoms with Crippen LogP contribution in [0.5, 0.6) is 0 Å². The van der Waals surface area contributed by atoms with E-state index in [-0.39, 0.29) is 17.2 Å². The topological polar surface area (TPSA) is 37.8 Å². The van der Waals surface area contributed by atoms with Gasteiger partial charge >= 0.3 is 0 Å². The second-order valence-corrected chi connectivity index (χ2v) is 4.08. The molecule has 0 saturated heterocycles. The van der Waals surface area contributed by atoms with Gasteiger partial charge in [-0.3, -0.25) is 0 Å². The Morgan fingerprint density at radius 3 is 2.44 bits per heavy atom. The van der Waals surface area contributed by atoms with Gasteiger partial charge in [0, 0.05) is 12.6 Å². The molecule has 0 atom stereocenters. The van der Waals surface area contributed by atoms with Crippen molar-refractivity contribution in [1.82, 2.24) is 9.97 Å². The fourth-order valence-corrected chi connectivity index (χ4v) is 1.88. The predicted octanol–water partition coefficient (Wildman–Crippen LogP) is 3.08. The maximum Gasteiger partial charge on any atom is 0.223 e. The second-order valence-electron chi connectivity index (χ2n) is 4.08. The molecule has 2 aromatic rings. The molecule has 2 rings (SSSR count). The minimum Gasteiger partial charge on any atom is -0.357 e. The van der Waals surface area contributed by atoms with E-state index in [1.54, 1.807) is 27.0 Å². The highest BCUT2D eigenvalue weighted by atomic mass is 19.1.